The molecule has 7 heteroatoms. The van der Waals surface area contributed by atoms with Gasteiger partial charge in [-0.3, -0.25) is 14.2 Å². The van der Waals surface area contributed by atoms with Gasteiger partial charge in [-0.25, -0.2) is 0 Å². The molecule has 0 spiro atoms. The molecule has 0 bridgehead atoms. The van der Waals surface area contributed by atoms with Gasteiger partial charge >= 0.3 is 0 Å². The normalized spacial score (nSPS) is 10.8. The molecule has 0 saturated carbocycles. The Hall–Kier alpha value is -1.38. The van der Waals surface area contributed by atoms with Gasteiger partial charge in [-0.05, 0) is 36.4 Å². The van der Waals surface area contributed by atoms with Crippen LogP contribution in [0.15, 0.2) is 12.4 Å². The highest BCUT2D eigenvalue weighted by molar-refractivity contribution is 14.1. The van der Waals surface area contributed by atoms with Gasteiger partial charge in [0.15, 0.2) is 0 Å². The molecule has 0 unspecified atom stereocenters. The summed E-state index contributed by atoms with van der Waals surface area (Å²) >= 11 is 2.24. The van der Waals surface area contributed by atoms with Crippen LogP contribution in [0, 0.1) is 17.4 Å². The molecule has 2 heterocycles. The van der Waals surface area contributed by atoms with Crippen molar-refractivity contribution in [2.24, 2.45) is 7.05 Å². The molecular weight excluding hydrogens is 369 g/mol. The van der Waals surface area contributed by atoms with Gasteiger partial charge in [0.2, 0.25) is 5.91 Å². The van der Waals surface area contributed by atoms with Crippen LogP contribution < -0.4 is 5.32 Å². The average Bonchev–Trinajstić information content (AvgIpc) is 2.89. The molecule has 0 radical (unpaired) electrons. The second-order valence-corrected chi connectivity index (χ2v) is 5.90. The molecule has 0 aromatic carbocycles. The molecule has 2 aromatic rings. The van der Waals surface area contributed by atoms with E-state index >= 15 is 0 Å². The highest BCUT2D eigenvalue weighted by atomic mass is 127. The van der Waals surface area contributed by atoms with Gasteiger partial charge in [0.05, 0.1) is 15.5 Å². The quantitative estimate of drug-likeness (QED) is 0.792. The molecule has 1 N–H and O–H groups in total. The summed E-state index contributed by atoms with van der Waals surface area (Å²) in [6, 6.07) is 0. The third kappa shape index (κ3) is 3.59. The Kier molecular flexibility index (Phi) is 4.79. The number of amides is 1. The number of carbonyl (C=O) groups is 1. The predicted octanol–water partition coefficient (Wildman–Crippen LogP) is 1.54. The van der Waals surface area contributed by atoms with E-state index in [9.17, 15) is 4.79 Å². The lowest BCUT2D eigenvalue weighted by Gasteiger charge is -2.06. The summed E-state index contributed by atoms with van der Waals surface area (Å²) in [5.41, 5.74) is 3.09. The van der Waals surface area contributed by atoms with Gasteiger partial charge in [-0.15, -0.1) is 0 Å². The average molecular weight is 387 g/mol. The zero-order valence-corrected chi connectivity index (χ0v) is 14.0. The minimum atomic E-state index is 0.0261. The van der Waals surface area contributed by atoms with Crippen molar-refractivity contribution in [3.05, 3.63) is 32.9 Å². The minimum Gasteiger partial charge on any atom is -0.352 e. The van der Waals surface area contributed by atoms with Gasteiger partial charge < -0.3 is 5.32 Å². The molecule has 6 nitrogen and oxygen atoms in total. The van der Waals surface area contributed by atoms with E-state index < -0.39 is 0 Å². The van der Waals surface area contributed by atoms with E-state index in [-0.39, 0.29) is 5.91 Å². The number of hydrogen-bond donors (Lipinski definition) is 1. The smallest absolute Gasteiger partial charge is 0.222 e. The SMILES string of the molecule is Cc1nn(C)cc1CNC(=O)CCn1ncc(I)c1C. The Morgan fingerprint density at radius 3 is 2.75 bits per heavy atom. The molecule has 20 heavy (non-hydrogen) atoms. The number of aromatic nitrogens is 4. The minimum absolute atomic E-state index is 0.0261. The number of rotatable bonds is 5. The first kappa shape index (κ1) is 15.0. The summed E-state index contributed by atoms with van der Waals surface area (Å²) in [6.07, 6.45) is 4.17. The zero-order valence-electron chi connectivity index (χ0n) is 11.9. The number of hydrogen-bond acceptors (Lipinski definition) is 3. The fraction of sp³-hybridized carbons (Fsp3) is 0.462. The van der Waals surface area contributed by atoms with Crippen LogP contribution in [0.1, 0.15) is 23.4 Å². The highest BCUT2D eigenvalue weighted by Gasteiger charge is 2.08. The van der Waals surface area contributed by atoms with Gasteiger partial charge in [0.1, 0.15) is 0 Å². The number of aryl methyl sites for hydroxylation is 3. The molecule has 2 rings (SSSR count). The monoisotopic (exact) mass is 387 g/mol. The molecule has 0 aliphatic heterocycles. The molecule has 0 aliphatic rings. The van der Waals surface area contributed by atoms with Crippen LogP contribution in [0.25, 0.3) is 0 Å². The molecule has 1 amide bonds. The van der Waals surface area contributed by atoms with Gasteiger partial charge in [0, 0.05) is 44.0 Å². The third-order valence-electron chi connectivity index (χ3n) is 3.19. The Balaban J connectivity index is 1.81. The van der Waals surface area contributed by atoms with Crippen LogP contribution in [0.4, 0.5) is 0 Å². The Labute approximate surface area is 131 Å². The van der Waals surface area contributed by atoms with E-state index in [2.05, 4.69) is 38.1 Å². The fourth-order valence-corrected chi connectivity index (χ4v) is 2.36. The van der Waals surface area contributed by atoms with Gasteiger partial charge in [-0.1, -0.05) is 0 Å². The summed E-state index contributed by atoms with van der Waals surface area (Å²) < 4.78 is 4.73. The van der Waals surface area contributed by atoms with E-state index in [1.54, 1.807) is 4.68 Å². The lowest BCUT2D eigenvalue weighted by atomic mass is 10.2. The molecule has 0 saturated heterocycles. The van der Waals surface area contributed by atoms with Gasteiger partial charge in [-0.2, -0.15) is 10.2 Å². The van der Waals surface area contributed by atoms with E-state index in [1.807, 2.05) is 38.0 Å². The maximum atomic E-state index is 11.8. The van der Waals surface area contributed by atoms with Crippen molar-refractivity contribution in [2.45, 2.75) is 33.4 Å². The summed E-state index contributed by atoms with van der Waals surface area (Å²) in [7, 11) is 1.88. The second-order valence-electron chi connectivity index (χ2n) is 4.74. The van der Waals surface area contributed by atoms with Crippen LogP contribution in [-0.2, 0) is 24.9 Å². The molecule has 0 fully saturated rings. The summed E-state index contributed by atoms with van der Waals surface area (Å²) in [5.74, 6) is 0.0261. The molecular formula is C13H18IN5O. The van der Waals surface area contributed by atoms with E-state index in [0.29, 0.717) is 19.5 Å². The lowest BCUT2D eigenvalue weighted by molar-refractivity contribution is -0.121. The van der Waals surface area contributed by atoms with Crippen molar-refractivity contribution in [3.63, 3.8) is 0 Å². The molecule has 0 aliphatic carbocycles. The predicted molar refractivity (Wildman–Crippen MR) is 84.1 cm³/mol. The van der Waals surface area contributed by atoms with E-state index in [1.165, 1.54) is 0 Å². The second kappa shape index (κ2) is 6.38. The van der Waals surface area contributed by atoms with Gasteiger partial charge in [0.25, 0.3) is 0 Å². The van der Waals surface area contributed by atoms with Crippen molar-refractivity contribution in [1.82, 2.24) is 24.9 Å². The number of nitrogens with zero attached hydrogens (tertiary/aromatic N) is 4. The maximum absolute atomic E-state index is 11.8. The van der Waals surface area contributed by atoms with E-state index in [0.717, 1.165) is 20.5 Å². The van der Waals surface area contributed by atoms with Crippen LogP contribution in [0.3, 0.4) is 0 Å². The first-order chi connectivity index (χ1) is 9.47. The fourth-order valence-electron chi connectivity index (χ4n) is 1.96. The summed E-state index contributed by atoms with van der Waals surface area (Å²) in [4.78, 5) is 11.8. The van der Waals surface area contributed by atoms with E-state index in [4.69, 9.17) is 0 Å². The largest absolute Gasteiger partial charge is 0.352 e. The topological polar surface area (TPSA) is 64.7 Å². The standard InChI is InChI=1S/C13H18IN5O/c1-9-11(8-18(3)17-9)6-15-13(20)4-5-19-10(2)12(14)7-16-19/h7-8H,4-6H2,1-3H3,(H,15,20). The first-order valence-corrected chi connectivity index (χ1v) is 7.49. The van der Waals surface area contributed by atoms with Crippen molar-refractivity contribution < 1.29 is 4.79 Å². The van der Waals surface area contributed by atoms with Crippen molar-refractivity contribution in [3.8, 4) is 0 Å². The first-order valence-electron chi connectivity index (χ1n) is 6.41. The van der Waals surface area contributed by atoms with Crippen LogP contribution in [0.5, 0.6) is 0 Å². The Morgan fingerprint density at radius 1 is 1.45 bits per heavy atom. The Bertz CT molecular complexity index is 608. The van der Waals surface area contributed by atoms with Crippen molar-refractivity contribution in [1.29, 1.82) is 0 Å². The molecule has 2 aromatic heterocycles. The third-order valence-corrected chi connectivity index (χ3v) is 4.24. The van der Waals surface area contributed by atoms with Crippen LogP contribution in [0.2, 0.25) is 0 Å². The highest BCUT2D eigenvalue weighted by Crippen LogP contribution is 2.10. The number of halogens is 1. The van der Waals surface area contributed by atoms with Crippen molar-refractivity contribution in [2.75, 3.05) is 0 Å². The van der Waals surface area contributed by atoms with Crippen LogP contribution in [-0.4, -0.2) is 25.5 Å². The number of nitrogens with one attached hydrogen (secondary N) is 1. The Morgan fingerprint density at radius 2 is 2.20 bits per heavy atom. The van der Waals surface area contributed by atoms with Crippen LogP contribution >= 0.6 is 22.6 Å². The molecule has 0 atom stereocenters. The summed E-state index contributed by atoms with van der Waals surface area (Å²) in [5, 5.41) is 11.4. The number of carbonyl (C=O) groups excluding carboxylic acids is 1. The van der Waals surface area contributed by atoms with Crippen molar-refractivity contribution >= 4 is 28.5 Å². The molecule has 108 valence electrons. The maximum Gasteiger partial charge on any atom is 0.222 e. The lowest BCUT2D eigenvalue weighted by Crippen LogP contribution is -2.24. The summed E-state index contributed by atoms with van der Waals surface area (Å²) in [6.45, 7) is 5.07. The zero-order chi connectivity index (χ0) is 14.7.